The van der Waals surface area contributed by atoms with Crippen molar-refractivity contribution < 1.29 is 30.0 Å². The summed E-state index contributed by atoms with van der Waals surface area (Å²) in [6.07, 6.45) is 5.87. The maximum atomic E-state index is 12.2. The van der Waals surface area contributed by atoms with Gasteiger partial charge in [0.1, 0.15) is 10.6 Å². The second kappa shape index (κ2) is 18.2. The summed E-state index contributed by atoms with van der Waals surface area (Å²) in [5.41, 5.74) is 8.15. The maximum absolute atomic E-state index is 12.2. The zero-order valence-electron chi connectivity index (χ0n) is 35.9. The van der Waals surface area contributed by atoms with Crippen molar-refractivity contribution in [3.05, 3.63) is 99.4 Å². The van der Waals surface area contributed by atoms with Crippen molar-refractivity contribution in [2.24, 2.45) is 16.7 Å². The van der Waals surface area contributed by atoms with Gasteiger partial charge in [0, 0.05) is 57.7 Å². The normalized spacial score (nSPS) is 12.6. The number of aliphatic hydroxyl groups excluding tert-OH is 1. The van der Waals surface area contributed by atoms with Crippen LogP contribution in [-0.2, 0) is 36.7 Å². The molecule has 3 aromatic carbocycles. The van der Waals surface area contributed by atoms with Gasteiger partial charge in [0.25, 0.3) is 0 Å². The van der Waals surface area contributed by atoms with Crippen molar-refractivity contribution in [2.45, 2.75) is 128 Å². The Morgan fingerprint density at radius 3 is 2.12 bits per heavy atom. The van der Waals surface area contributed by atoms with Crippen LogP contribution in [0.15, 0.2) is 71.8 Å². The summed E-state index contributed by atoms with van der Waals surface area (Å²) < 4.78 is 1.38. The van der Waals surface area contributed by atoms with Crippen LogP contribution in [0.1, 0.15) is 123 Å². The quantitative estimate of drug-likeness (QED) is 0.0800. The molecule has 3 nitrogen and oxygen atoms in total. The molecular formula is C50H62IrNO2S2-. The van der Waals surface area contributed by atoms with Crippen molar-refractivity contribution in [1.29, 1.82) is 0 Å². The predicted molar refractivity (Wildman–Crippen MR) is 242 cm³/mol. The van der Waals surface area contributed by atoms with Crippen LogP contribution in [0.4, 0.5) is 0 Å². The number of nitrogens with zero attached hydrogens (tertiary/aromatic N) is 1. The number of carbonyl (C=O) groups is 1. The Bertz CT molecular complexity index is 2340. The van der Waals surface area contributed by atoms with Crippen molar-refractivity contribution in [3.8, 4) is 22.4 Å². The Balaban J connectivity index is 0.000000330. The summed E-state index contributed by atoms with van der Waals surface area (Å²) in [6, 6.07) is 24.0. The van der Waals surface area contributed by atoms with Gasteiger partial charge in [-0.05, 0) is 102 Å². The molecule has 1 radical (unpaired) electrons. The van der Waals surface area contributed by atoms with Crippen LogP contribution >= 0.6 is 22.7 Å². The fourth-order valence-corrected chi connectivity index (χ4v) is 9.35. The molecule has 3 aromatic heterocycles. The van der Waals surface area contributed by atoms with Crippen molar-refractivity contribution >= 4 is 59.5 Å². The molecule has 6 heteroatoms. The third kappa shape index (κ3) is 9.41. The van der Waals surface area contributed by atoms with Gasteiger partial charge in [0.2, 0.25) is 0 Å². The third-order valence-electron chi connectivity index (χ3n) is 12.1. The van der Waals surface area contributed by atoms with E-state index >= 15 is 0 Å². The van der Waals surface area contributed by atoms with E-state index in [0.717, 1.165) is 53.6 Å². The number of fused-ring (bicyclic) bond motifs is 3. The average Bonchev–Trinajstić information content (AvgIpc) is 3.70. The number of pyridine rings is 1. The second-order valence-electron chi connectivity index (χ2n) is 17.4. The Morgan fingerprint density at radius 1 is 0.875 bits per heavy atom. The molecule has 6 rings (SSSR count). The van der Waals surface area contributed by atoms with Crippen molar-refractivity contribution in [1.82, 2.24) is 4.98 Å². The molecule has 6 aromatic rings. The first-order chi connectivity index (χ1) is 25.9. The molecule has 0 aliphatic heterocycles. The minimum atomic E-state index is -0.337. The van der Waals surface area contributed by atoms with Crippen LogP contribution in [0.25, 0.3) is 53.5 Å². The van der Waals surface area contributed by atoms with E-state index in [9.17, 15) is 9.90 Å². The van der Waals surface area contributed by atoms with Gasteiger partial charge in [0.15, 0.2) is 5.78 Å². The summed E-state index contributed by atoms with van der Waals surface area (Å²) in [7, 11) is 0. The molecule has 0 amide bonds. The van der Waals surface area contributed by atoms with E-state index in [-0.39, 0.29) is 47.9 Å². The van der Waals surface area contributed by atoms with Crippen LogP contribution in [0.2, 0.25) is 0 Å². The largest absolute Gasteiger partial charge is 0.512 e. The van der Waals surface area contributed by atoms with Crippen LogP contribution < -0.4 is 0 Å². The molecule has 0 spiro atoms. The first-order valence-corrected chi connectivity index (χ1v) is 21.9. The molecular weight excluding hydrogens is 903 g/mol. The zero-order chi connectivity index (χ0) is 40.5. The molecule has 1 N–H and O–H groups in total. The first kappa shape index (κ1) is 45.6. The molecule has 3 heterocycles. The van der Waals surface area contributed by atoms with Crippen molar-refractivity contribution in [3.63, 3.8) is 0 Å². The van der Waals surface area contributed by atoms with Gasteiger partial charge in [0.05, 0.1) is 0 Å². The molecule has 0 fully saturated rings. The van der Waals surface area contributed by atoms with E-state index in [4.69, 9.17) is 4.98 Å². The minimum absolute atomic E-state index is 0. The third-order valence-corrected chi connectivity index (χ3v) is 14.2. The Kier molecular flexibility index (Phi) is 14.8. The fourth-order valence-electron chi connectivity index (χ4n) is 7.33. The molecule has 0 unspecified atom stereocenters. The molecule has 0 saturated heterocycles. The number of aromatic nitrogens is 1. The number of hydrogen-bond acceptors (Lipinski definition) is 5. The van der Waals surface area contributed by atoms with Crippen LogP contribution in [0.3, 0.4) is 0 Å². The van der Waals surface area contributed by atoms with E-state index in [2.05, 4.69) is 115 Å². The molecule has 0 bridgehead atoms. The zero-order valence-corrected chi connectivity index (χ0v) is 39.9. The summed E-state index contributed by atoms with van der Waals surface area (Å²) in [4.78, 5) is 19.9. The van der Waals surface area contributed by atoms with Crippen LogP contribution in [-0.4, -0.2) is 15.9 Å². The number of aryl methyl sites for hydroxylation is 2. The number of benzene rings is 3. The molecule has 56 heavy (non-hydrogen) atoms. The van der Waals surface area contributed by atoms with Crippen LogP contribution in [0, 0.1) is 36.7 Å². The number of rotatable bonds is 11. The van der Waals surface area contributed by atoms with E-state index in [1.807, 2.05) is 52.9 Å². The Hall–Kier alpha value is -3.15. The number of aliphatic hydroxyl groups is 1. The average molecular weight is 965 g/mol. The number of ketones is 1. The molecule has 0 atom stereocenters. The van der Waals surface area contributed by atoms with Gasteiger partial charge in [-0.25, -0.2) is 0 Å². The Morgan fingerprint density at radius 2 is 1.52 bits per heavy atom. The summed E-state index contributed by atoms with van der Waals surface area (Å²) >= 11 is 3.66. The van der Waals surface area contributed by atoms with Gasteiger partial charge < -0.3 is 5.11 Å². The fraction of sp³-hybridized carbons (Fsp3) is 0.440. The number of hydrogen-bond donors (Lipinski definition) is 1. The predicted octanol–water partition coefficient (Wildman–Crippen LogP) is 15.6. The van der Waals surface area contributed by atoms with Crippen LogP contribution in [0.5, 0.6) is 0 Å². The number of carbonyl (C=O) groups excluding carboxylic acids is 1. The number of thiophene rings is 2. The van der Waals surface area contributed by atoms with Crippen molar-refractivity contribution in [2.75, 3.05) is 0 Å². The molecule has 301 valence electrons. The first-order valence-electron chi connectivity index (χ1n) is 20.2. The number of allylic oxidation sites excluding steroid dienone is 2. The van der Waals surface area contributed by atoms with Gasteiger partial charge in [-0.3, -0.25) is 9.78 Å². The topological polar surface area (TPSA) is 50.2 Å². The van der Waals surface area contributed by atoms with E-state index < -0.39 is 0 Å². The summed E-state index contributed by atoms with van der Waals surface area (Å²) in [5.74, 6) is 0.919. The standard InChI is InChI=1S/C35H34NS2.C15H28O2.Ir/c1-20(2)14-27-22(4)38-32-13-12-24(16-29(27)32)28-18-31(36-34-33(28)21(3)19-37-34)25-15-23-10-8-9-11-26(23)30(17-25)35(5,6)7;1-7-14(5,8-2)12(16)11-13(17)15(6,9-3)10-4;/h8-13,16-20H,14H2,1-7H3;11,16H,7-10H2,1-6H3;/q-1;;/b;12-11-;. The second-order valence-corrected chi connectivity index (χ2v) is 19.5. The molecule has 0 saturated carbocycles. The van der Waals surface area contributed by atoms with Gasteiger partial charge in [-0.2, -0.15) is 0 Å². The van der Waals surface area contributed by atoms with Gasteiger partial charge in [-0.15, -0.1) is 51.8 Å². The molecule has 0 aliphatic carbocycles. The SMILES string of the molecule is CCC(C)(CC)C(=O)/C=C(\O)C(C)(CC)CC.Cc1sc2ccc(-c3cc(-c4[c-]c5ccccc5c(C(C)(C)C)c4)nc4scc(C)c34)cc2c1CC(C)C.[Ir]. The monoisotopic (exact) mass is 965 g/mol. The van der Waals surface area contributed by atoms with Gasteiger partial charge >= 0.3 is 0 Å². The van der Waals surface area contributed by atoms with E-state index in [0.29, 0.717) is 5.92 Å². The molecule has 0 aliphatic rings. The smallest absolute Gasteiger partial charge is 0.164 e. The van der Waals surface area contributed by atoms with Gasteiger partial charge in [-0.1, -0.05) is 117 Å². The Labute approximate surface area is 358 Å². The van der Waals surface area contributed by atoms with E-state index in [1.165, 1.54) is 59.6 Å². The van der Waals surface area contributed by atoms with E-state index in [1.54, 1.807) is 11.3 Å². The summed E-state index contributed by atoms with van der Waals surface area (Å²) in [5, 5.41) is 17.5. The summed E-state index contributed by atoms with van der Waals surface area (Å²) in [6.45, 7) is 28.1. The maximum Gasteiger partial charge on any atom is 0.164 e. The minimum Gasteiger partial charge on any atom is -0.512 e.